The molecule has 6 heteroatoms. The summed E-state index contributed by atoms with van der Waals surface area (Å²) in [6.45, 7) is 3.88. The zero-order valence-electron chi connectivity index (χ0n) is 11.8. The normalized spacial score (nSPS) is 10.6. The van der Waals surface area contributed by atoms with Gasteiger partial charge in [0.05, 0.1) is 6.42 Å². The fraction of sp³-hybridized carbons (Fsp3) is 0.429. The molecule has 0 saturated carbocycles. The Bertz CT molecular complexity index is 409. The van der Waals surface area contributed by atoms with Crippen LogP contribution in [0.25, 0.3) is 0 Å². The van der Waals surface area contributed by atoms with Crippen LogP contribution in [0.4, 0.5) is 0 Å². The number of hydrogen-bond donors (Lipinski definition) is 3. The van der Waals surface area contributed by atoms with E-state index in [2.05, 4.69) is 15.6 Å². The van der Waals surface area contributed by atoms with E-state index in [0.717, 1.165) is 18.5 Å². The summed E-state index contributed by atoms with van der Waals surface area (Å²) in [7, 11) is 0. The van der Waals surface area contributed by atoms with E-state index in [1.54, 1.807) is 0 Å². The lowest BCUT2D eigenvalue weighted by Crippen LogP contribution is -2.38. The van der Waals surface area contributed by atoms with E-state index in [1.807, 2.05) is 37.3 Å². The van der Waals surface area contributed by atoms with Crippen molar-refractivity contribution < 1.29 is 4.79 Å². The first-order valence-corrected chi connectivity index (χ1v) is 6.56. The molecule has 1 rings (SSSR count). The highest BCUT2D eigenvalue weighted by Gasteiger charge is 2.01. The molecule has 0 unspecified atom stereocenters. The van der Waals surface area contributed by atoms with Crippen molar-refractivity contribution in [1.29, 1.82) is 0 Å². The third-order valence-electron chi connectivity index (χ3n) is 2.47. The number of benzene rings is 1. The Labute approximate surface area is 137 Å². The van der Waals surface area contributed by atoms with Gasteiger partial charge in [0.2, 0.25) is 5.91 Å². The van der Waals surface area contributed by atoms with Crippen LogP contribution in [-0.4, -0.2) is 31.5 Å². The van der Waals surface area contributed by atoms with E-state index in [1.165, 1.54) is 0 Å². The Hall–Kier alpha value is -1.31. The third-order valence-corrected chi connectivity index (χ3v) is 2.47. The zero-order valence-corrected chi connectivity index (χ0v) is 14.1. The number of nitrogens with two attached hydrogens (primary N) is 1. The molecule has 1 aromatic rings. The van der Waals surface area contributed by atoms with Gasteiger partial charge >= 0.3 is 0 Å². The molecule has 0 aromatic heterocycles. The van der Waals surface area contributed by atoms with E-state index in [-0.39, 0.29) is 29.9 Å². The minimum Gasteiger partial charge on any atom is -0.370 e. The molecule has 0 aliphatic heterocycles. The molecular weight excluding hydrogens is 367 g/mol. The van der Waals surface area contributed by atoms with Gasteiger partial charge in [0.25, 0.3) is 0 Å². The number of carbonyl (C=O) groups excluding carboxylic acids is 1. The van der Waals surface area contributed by atoms with Crippen molar-refractivity contribution in [2.75, 3.05) is 19.6 Å². The molecule has 4 N–H and O–H groups in total. The van der Waals surface area contributed by atoms with Crippen LogP contribution in [0.2, 0.25) is 0 Å². The van der Waals surface area contributed by atoms with Crippen LogP contribution in [0.5, 0.6) is 0 Å². The molecule has 0 bridgehead atoms. The molecule has 5 nitrogen and oxygen atoms in total. The van der Waals surface area contributed by atoms with Gasteiger partial charge in [0, 0.05) is 19.6 Å². The standard InChI is InChI=1S/C14H22N4O.HI/c1-2-8-17-14(15)18-10-9-16-13(19)11-12-6-4-3-5-7-12;/h3-7H,2,8-11H2,1H3,(H,16,19)(H3,15,17,18);1H. The van der Waals surface area contributed by atoms with Gasteiger partial charge in [-0.1, -0.05) is 37.3 Å². The number of halogens is 1. The van der Waals surface area contributed by atoms with Crippen LogP contribution in [0.15, 0.2) is 35.3 Å². The Kier molecular flexibility index (Phi) is 10.8. The first-order valence-electron chi connectivity index (χ1n) is 6.56. The van der Waals surface area contributed by atoms with Gasteiger partial charge in [-0.15, -0.1) is 24.0 Å². The second kappa shape index (κ2) is 11.5. The molecular formula is C14H23IN4O. The van der Waals surface area contributed by atoms with E-state index >= 15 is 0 Å². The van der Waals surface area contributed by atoms with Crippen LogP contribution in [0.1, 0.15) is 18.9 Å². The first kappa shape index (κ1) is 18.7. The highest BCUT2D eigenvalue weighted by molar-refractivity contribution is 14.0. The van der Waals surface area contributed by atoms with Gasteiger partial charge in [-0.05, 0) is 12.0 Å². The lowest BCUT2D eigenvalue weighted by molar-refractivity contribution is -0.120. The molecule has 0 spiro atoms. The highest BCUT2D eigenvalue weighted by Crippen LogP contribution is 1.98. The van der Waals surface area contributed by atoms with E-state index in [0.29, 0.717) is 25.5 Å². The van der Waals surface area contributed by atoms with Crippen molar-refractivity contribution in [3.63, 3.8) is 0 Å². The molecule has 0 heterocycles. The minimum atomic E-state index is 0. The quantitative estimate of drug-likeness (QED) is 0.284. The minimum absolute atomic E-state index is 0. The van der Waals surface area contributed by atoms with Crippen molar-refractivity contribution in [3.05, 3.63) is 35.9 Å². The maximum atomic E-state index is 11.6. The molecule has 112 valence electrons. The Balaban J connectivity index is 0.00000361. The Morgan fingerprint density at radius 2 is 1.85 bits per heavy atom. The maximum Gasteiger partial charge on any atom is 0.224 e. The van der Waals surface area contributed by atoms with Crippen LogP contribution >= 0.6 is 24.0 Å². The van der Waals surface area contributed by atoms with Gasteiger partial charge < -0.3 is 16.4 Å². The summed E-state index contributed by atoms with van der Waals surface area (Å²) in [5.74, 6) is 0.441. The molecule has 0 saturated heterocycles. The van der Waals surface area contributed by atoms with Gasteiger partial charge in [-0.2, -0.15) is 0 Å². The van der Waals surface area contributed by atoms with E-state index in [9.17, 15) is 4.79 Å². The fourth-order valence-corrected chi connectivity index (χ4v) is 1.52. The smallest absolute Gasteiger partial charge is 0.224 e. The predicted molar refractivity (Wildman–Crippen MR) is 93.4 cm³/mol. The number of rotatable bonds is 7. The van der Waals surface area contributed by atoms with Gasteiger partial charge in [0.15, 0.2) is 5.96 Å². The molecule has 1 aromatic carbocycles. The predicted octanol–water partition coefficient (Wildman–Crippen LogP) is 1.28. The van der Waals surface area contributed by atoms with Crippen LogP contribution < -0.4 is 16.4 Å². The maximum absolute atomic E-state index is 11.6. The number of carbonyl (C=O) groups is 1. The Morgan fingerprint density at radius 3 is 2.50 bits per heavy atom. The van der Waals surface area contributed by atoms with Crippen LogP contribution in [0.3, 0.4) is 0 Å². The number of aliphatic imine (C=N–C) groups is 1. The number of guanidine groups is 1. The number of nitrogens with zero attached hydrogens (tertiary/aromatic N) is 1. The third kappa shape index (κ3) is 8.73. The topological polar surface area (TPSA) is 79.5 Å². The van der Waals surface area contributed by atoms with Crippen LogP contribution in [0, 0.1) is 0 Å². The summed E-state index contributed by atoms with van der Waals surface area (Å²) >= 11 is 0. The summed E-state index contributed by atoms with van der Waals surface area (Å²) in [6, 6.07) is 9.66. The van der Waals surface area contributed by atoms with Crippen LogP contribution in [-0.2, 0) is 11.2 Å². The van der Waals surface area contributed by atoms with Crippen molar-refractivity contribution in [3.8, 4) is 0 Å². The second-order valence-corrected chi connectivity index (χ2v) is 4.21. The van der Waals surface area contributed by atoms with Gasteiger partial charge in [-0.3, -0.25) is 9.79 Å². The second-order valence-electron chi connectivity index (χ2n) is 4.21. The number of nitrogens with one attached hydrogen (secondary N) is 2. The number of amides is 1. The summed E-state index contributed by atoms with van der Waals surface area (Å²) in [5, 5.41) is 5.78. The first-order chi connectivity index (χ1) is 9.22. The Morgan fingerprint density at radius 1 is 1.20 bits per heavy atom. The largest absolute Gasteiger partial charge is 0.370 e. The molecule has 0 fully saturated rings. The van der Waals surface area contributed by atoms with Gasteiger partial charge in [0.1, 0.15) is 0 Å². The summed E-state index contributed by atoms with van der Waals surface area (Å²) in [4.78, 5) is 15.7. The van der Waals surface area contributed by atoms with Crippen molar-refractivity contribution in [2.24, 2.45) is 10.7 Å². The summed E-state index contributed by atoms with van der Waals surface area (Å²) in [6.07, 6.45) is 1.37. The molecule has 0 radical (unpaired) electrons. The average Bonchev–Trinajstić information content (AvgIpc) is 2.42. The van der Waals surface area contributed by atoms with Crippen molar-refractivity contribution >= 4 is 35.8 Å². The molecule has 1 amide bonds. The molecule has 0 aliphatic carbocycles. The van der Waals surface area contributed by atoms with Crippen molar-refractivity contribution in [2.45, 2.75) is 19.8 Å². The number of hydrogen-bond acceptors (Lipinski definition) is 2. The fourth-order valence-electron chi connectivity index (χ4n) is 1.52. The van der Waals surface area contributed by atoms with E-state index in [4.69, 9.17) is 5.73 Å². The molecule has 0 atom stereocenters. The molecule has 0 aliphatic rings. The average molecular weight is 390 g/mol. The van der Waals surface area contributed by atoms with Gasteiger partial charge in [-0.25, -0.2) is 0 Å². The lowest BCUT2D eigenvalue weighted by Gasteiger charge is -2.07. The zero-order chi connectivity index (χ0) is 13.9. The SMILES string of the molecule is CCCN=C(N)NCCNC(=O)Cc1ccccc1.I. The van der Waals surface area contributed by atoms with E-state index < -0.39 is 0 Å². The molecule has 20 heavy (non-hydrogen) atoms. The monoisotopic (exact) mass is 390 g/mol. The lowest BCUT2D eigenvalue weighted by atomic mass is 10.1. The summed E-state index contributed by atoms with van der Waals surface area (Å²) < 4.78 is 0. The summed E-state index contributed by atoms with van der Waals surface area (Å²) in [5.41, 5.74) is 6.64. The highest BCUT2D eigenvalue weighted by atomic mass is 127. The van der Waals surface area contributed by atoms with Crippen molar-refractivity contribution in [1.82, 2.24) is 10.6 Å².